The standard InChI is InChI=1S/C37H38O9S/c1-5-11-27-30(18-17-26(23(3)38)34(27)40)44-19-9-7-6-8-14-29(33(39)24-13-10-12-22(2)20-24)32-35(41)28-16-15-25(47)21-31(28)45-36(32)46-37(42)43-4/h6-8,10,12-14,16-18,20-21,29,33,39-40H,5,9,11,15,19H2,1-4H3/b7-6-,14-8+/t29-,33-/m0/s1. The smallest absolute Gasteiger partial charge is 0.507 e. The number of Topliss-reactive ketones (excluding diaryl/α,β-unsaturated/α-hetero) is 1. The highest BCUT2D eigenvalue weighted by Crippen LogP contribution is 2.36. The van der Waals surface area contributed by atoms with Crippen molar-refractivity contribution in [3.8, 4) is 17.4 Å². The second kappa shape index (κ2) is 16.2. The summed E-state index contributed by atoms with van der Waals surface area (Å²) in [4.78, 5) is 38.5. The molecule has 0 saturated heterocycles. The Labute approximate surface area is 278 Å². The minimum atomic E-state index is -1.21. The number of rotatable bonds is 13. The van der Waals surface area contributed by atoms with Gasteiger partial charge in [-0.05, 0) is 50.5 Å². The van der Waals surface area contributed by atoms with Crippen LogP contribution in [0.3, 0.4) is 0 Å². The summed E-state index contributed by atoms with van der Waals surface area (Å²) in [6.07, 6.45) is 10.0. The van der Waals surface area contributed by atoms with Crippen LogP contribution in [-0.4, -0.2) is 40.7 Å². The highest BCUT2D eigenvalue weighted by Gasteiger charge is 2.30. The van der Waals surface area contributed by atoms with E-state index < -0.39 is 29.6 Å². The maximum absolute atomic E-state index is 13.9. The van der Waals surface area contributed by atoms with Crippen molar-refractivity contribution in [2.75, 3.05) is 13.7 Å². The van der Waals surface area contributed by atoms with Crippen molar-refractivity contribution in [3.63, 3.8) is 0 Å². The second-order valence-electron chi connectivity index (χ2n) is 11.1. The van der Waals surface area contributed by atoms with E-state index in [9.17, 15) is 24.6 Å². The van der Waals surface area contributed by atoms with Crippen LogP contribution in [-0.2, 0) is 11.2 Å². The van der Waals surface area contributed by atoms with Gasteiger partial charge in [-0.25, -0.2) is 4.79 Å². The van der Waals surface area contributed by atoms with E-state index in [4.69, 9.17) is 26.1 Å². The molecule has 2 atom stereocenters. The van der Waals surface area contributed by atoms with Gasteiger partial charge in [-0.1, -0.05) is 85.8 Å². The van der Waals surface area contributed by atoms with E-state index in [1.165, 1.54) is 13.0 Å². The maximum Gasteiger partial charge on any atom is 0.516 e. The molecule has 10 heteroatoms. The van der Waals surface area contributed by atoms with Crippen molar-refractivity contribution >= 4 is 41.2 Å². The van der Waals surface area contributed by atoms with Crippen LogP contribution in [0.15, 0.2) is 69.9 Å². The lowest BCUT2D eigenvalue weighted by Gasteiger charge is -2.22. The fraction of sp³-hybridized carbons (Fsp3) is 0.297. The molecule has 1 heterocycles. The summed E-state index contributed by atoms with van der Waals surface area (Å²) in [6.45, 7) is 5.58. The number of hydrogen-bond acceptors (Lipinski definition) is 10. The van der Waals surface area contributed by atoms with E-state index in [0.29, 0.717) is 47.6 Å². The number of hydrogen-bond donors (Lipinski definition) is 2. The molecule has 2 N–H and O–H groups in total. The summed E-state index contributed by atoms with van der Waals surface area (Å²) in [7, 11) is 1.13. The average molecular weight is 659 g/mol. The molecule has 3 aromatic rings. The van der Waals surface area contributed by atoms with Crippen LogP contribution in [0.5, 0.6) is 17.4 Å². The summed E-state index contributed by atoms with van der Waals surface area (Å²) >= 11 is 5.28. The van der Waals surface area contributed by atoms with Gasteiger partial charge in [0.25, 0.3) is 0 Å². The number of phenolic OH excluding ortho intramolecular Hbond substituents is 1. The van der Waals surface area contributed by atoms with E-state index in [-0.39, 0.29) is 33.3 Å². The van der Waals surface area contributed by atoms with Gasteiger partial charge in [0, 0.05) is 22.8 Å². The molecule has 2 aromatic carbocycles. The van der Waals surface area contributed by atoms with Gasteiger partial charge in [0.05, 0.1) is 36.2 Å². The fourth-order valence-corrected chi connectivity index (χ4v) is 5.48. The van der Waals surface area contributed by atoms with Crippen LogP contribution in [0.2, 0.25) is 0 Å². The third kappa shape index (κ3) is 8.52. The predicted molar refractivity (Wildman–Crippen MR) is 183 cm³/mol. The molecule has 1 aromatic heterocycles. The molecule has 9 nitrogen and oxygen atoms in total. The fourth-order valence-electron chi connectivity index (χ4n) is 5.29. The number of aromatic hydroxyl groups is 1. The van der Waals surface area contributed by atoms with E-state index in [2.05, 4.69) is 4.74 Å². The van der Waals surface area contributed by atoms with Gasteiger partial charge in [-0.15, -0.1) is 0 Å². The summed E-state index contributed by atoms with van der Waals surface area (Å²) < 4.78 is 21.8. The zero-order valence-electron chi connectivity index (χ0n) is 26.8. The molecule has 246 valence electrons. The van der Waals surface area contributed by atoms with Crippen molar-refractivity contribution in [2.24, 2.45) is 0 Å². The second-order valence-corrected chi connectivity index (χ2v) is 11.6. The summed E-state index contributed by atoms with van der Waals surface area (Å²) in [6, 6.07) is 10.5. The quantitative estimate of drug-likeness (QED) is 0.0777. The van der Waals surface area contributed by atoms with Gasteiger partial charge >= 0.3 is 12.1 Å². The maximum atomic E-state index is 13.9. The number of thiocarbonyl (C=S) groups is 1. The normalized spacial score (nSPS) is 13.9. The van der Waals surface area contributed by atoms with Crippen molar-refractivity contribution in [1.82, 2.24) is 0 Å². The third-order valence-corrected chi connectivity index (χ3v) is 7.89. The lowest BCUT2D eigenvalue weighted by molar-refractivity contribution is 0.101. The van der Waals surface area contributed by atoms with Crippen LogP contribution in [0.4, 0.5) is 4.79 Å². The Morgan fingerprint density at radius 2 is 1.96 bits per heavy atom. The number of carbonyl (C=O) groups excluding carboxylic acids is 2. The number of aliphatic hydroxyl groups excluding tert-OH is 1. The predicted octanol–water partition coefficient (Wildman–Crippen LogP) is 5.69. The first kappa shape index (κ1) is 35.1. The number of carbonyl (C=O) groups is 2. The molecule has 0 unspecified atom stereocenters. The molecule has 4 rings (SSSR count). The highest BCUT2D eigenvalue weighted by molar-refractivity contribution is 7.81. The molecule has 0 saturated carbocycles. The monoisotopic (exact) mass is 658 g/mol. The van der Waals surface area contributed by atoms with Gasteiger partial charge in [0.1, 0.15) is 16.9 Å². The van der Waals surface area contributed by atoms with Crippen LogP contribution >= 0.6 is 12.2 Å². The van der Waals surface area contributed by atoms with E-state index >= 15 is 0 Å². The number of allylic oxidation sites excluding steroid dienone is 2. The van der Waals surface area contributed by atoms with Crippen molar-refractivity contribution in [2.45, 2.75) is 58.5 Å². The molecule has 1 aliphatic rings. The van der Waals surface area contributed by atoms with Gasteiger partial charge in [-0.3, -0.25) is 9.59 Å². The Bertz CT molecular complexity index is 1900. The van der Waals surface area contributed by atoms with Gasteiger partial charge < -0.3 is 28.8 Å². The molecule has 0 spiro atoms. The number of aryl methyl sites for hydroxylation is 1. The first-order valence-electron chi connectivity index (χ1n) is 15.3. The molecule has 0 radical (unpaired) electrons. The minimum absolute atomic E-state index is 0.0473. The SMILES string of the molecule is CCCc1c(OCC/C=C\C=C\[C@@H](c2c(OC(=O)OC)oc3c(c2=O)=CCC(=S)C=3)[C@@H](O)c2cccc(C)c2)ccc(C(C)=O)c1O. The molecular weight excluding hydrogens is 620 g/mol. The zero-order chi connectivity index (χ0) is 34.1. The van der Waals surface area contributed by atoms with Crippen molar-refractivity contribution in [3.05, 3.63) is 109 Å². The summed E-state index contributed by atoms with van der Waals surface area (Å²) in [5, 5.41) is 22.5. The number of ketones is 1. The molecule has 0 aliphatic heterocycles. The van der Waals surface area contributed by atoms with Crippen LogP contribution < -0.4 is 25.5 Å². The number of phenols is 1. The van der Waals surface area contributed by atoms with Crippen molar-refractivity contribution in [1.29, 1.82) is 0 Å². The van der Waals surface area contributed by atoms with Crippen molar-refractivity contribution < 1.29 is 38.4 Å². The van der Waals surface area contributed by atoms with Crippen LogP contribution in [0.25, 0.3) is 12.2 Å². The Balaban J connectivity index is 1.64. The molecule has 0 amide bonds. The third-order valence-electron chi connectivity index (χ3n) is 7.60. The lowest BCUT2D eigenvalue weighted by atomic mass is 9.88. The summed E-state index contributed by atoms with van der Waals surface area (Å²) in [5.41, 5.74) is 1.97. The average Bonchev–Trinajstić information content (AvgIpc) is 3.04. The number of benzene rings is 2. The first-order valence-corrected chi connectivity index (χ1v) is 15.7. The van der Waals surface area contributed by atoms with Crippen LogP contribution in [0.1, 0.15) is 77.7 Å². The van der Waals surface area contributed by atoms with E-state index in [0.717, 1.165) is 19.1 Å². The molecule has 47 heavy (non-hydrogen) atoms. The Morgan fingerprint density at radius 3 is 2.66 bits per heavy atom. The number of methoxy groups -OCH3 is 1. The van der Waals surface area contributed by atoms with Gasteiger partial charge in [0.15, 0.2) is 11.2 Å². The first-order chi connectivity index (χ1) is 22.5. The number of ether oxygens (including phenoxy) is 3. The minimum Gasteiger partial charge on any atom is -0.507 e. The molecular formula is C37H38O9S. The van der Waals surface area contributed by atoms with Crippen LogP contribution in [0, 0.1) is 6.92 Å². The van der Waals surface area contributed by atoms with E-state index in [1.807, 2.05) is 32.1 Å². The largest absolute Gasteiger partial charge is 0.516 e. The Kier molecular flexibility index (Phi) is 12.1. The molecule has 1 aliphatic carbocycles. The van der Waals surface area contributed by atoms with E-state index in [1.54, 1.807) is 48.6 Å². The number of aliphatic hydroxyl groups is 1. The Hall–Kier alpha value is -4.80. The van der Waals surface area contributed by atoms with Gasteiger partial charge in [0.2, 0.25) is 0 Å². The zero-order valence-corrected chi connectivity index (χ0v) is 27.6. The topological polar surface area (TPSA) is 132 Å². The molecule has 0 fully saturated rings. The summed E-state index contributed by atoms with van der Waals surface area (Å²) in [5.74, 6) is -1.12. The number of fused-ring (bicyclic) bond motifs is 1. The highest BCUT2D eigenvalue weighted by atomic mass is 32.1. The molecule has 0 bridgehead atoms. The van der Waals surface area contributed by atoms with Gasteiger partial charge in [-0.2, -0.15) is 0 Å². The Morgan fingerprint density at radius 1 is 1.17 bits per heavy atom. The lowest BCUT2D eigenvalue weighted by Crippen LogP contribution is -2.44.